The van der Waals surface area contributed by atoms with E-state index >= 15 is 0 Å². The van der Waals surface area contributed by atoms with Gasteiger partial charge in [-0.3, -0.25) is 9.59 Å². The van der Waals surface area contributed by atoms with Crippen molar-refractivity contribution in [2.75, 3.05) is 25.0 Å². The van der Waals surface area contributed by atoms with Crippen molar-refractivity contribution in [2.45, 2.75) is 59.0 Å². The molecule has 3 N–H and O–H groups in total. The monoisotopic (exact) mass is 501 g/mol. The maximum atomic E-state index is 13.9. The summed E-state index contributed by atoms with van der Waals surface area (Å²) in [6, 6.07) is 2.97. The molecule has 2 atom stereocenters. The smallest absolute Gasteiger partial charge is 0.407 e. The van der Waals surface area contributed by atoms with Crippen molar-refractivity contribution in [1.29, 1.82) is 0 Å². The van der Waals surface area contributed by atoms with Gasteiger partial charge in [0.2, 0.25) is 0 Å². The minimum Gasteiger partial charge on any atom is -0.481 e. The topological polar surface area (TPSA) is 149 Å². The average molecular weight is 502 g/mol. The first kappa shape index (κ1) is 27.0. The highest BCUT2D eigenvalue weighted by atomic mass is 16.4. The molecule has 0 unspecified atom stereocenters. The van der Waals surface area contributed by atoms with Crippen molar-refractivity contribution in [3.8, 4) is 0 Å². The van der Waals surface area contributed by atoms with E-state index in [1.165, 1.54) is 6.20 Å². The fourth-order valence-electron chi connectivity index (χ4n) is 4.20. The zero-order valence-corrected chi connectivity index (χ0v) is 21.4. The molecule has 2 aromatic rings. The Morgan fingerprint density at radius 3 is 2.53 bits per heavy atom. The number of aliphatic carboxylic acids is 1. The number of carbonyl (C=O) groups is 3. The van der Waals surface area contributed by atoms with Crippen molar-refractivity contribution in [2.24, 2.45) is 11.8 Å². The number of carbonyl (C=O) groups excluding carboxylic acids is 1. The van der Waals surface area contributed by atoms with Crippen LogP contribution in [0.4, 0.5) is 10.6 Å². The third-order valence-electron chi connectivity index (χ3n) is 6.01. The maximum absolute atomic E-state index is 13.9. The highest BCUT2D eigenvalue weighted by Gasteiger charge is 2.39. The summed E-state index contributed by atoms with van der Waals surface area (Å²) in [5.41, 5.74) is -0.130. The van der Waals surface area contributed by atoms with Crippen molar-refractivity contribution in [3.05, 3.63) is 41.7 Å². The minimum atomic E-state index is -1.21. The quantitative estimate of drug-likeness (QED) is 0.494. The average Bonchev–Trinajstić information content (AvgIpc) is 3.33. The van der Waals surface area contributed by atoms with Crippen LogP contribution < -0.4 is 5.32 Å². The minimum absolute atomic E-state index is 0.0354. The fraction of sp³-hybridized carbons (Fsp3) is 0.560. The van der Waals surface area contributed by atoms with Crippen LogP contribution in [0, 0.1) is 11.8 Å². The van der Waals surface area contributed by atoms with E-state index in [1.54, 1.807) is 23.3 Å². The van der Waals surface area contributed by atoms with Crippen LogP contribution in [-0.2, 0) is 16.8 Å². The number of carboxylic acid groups (broad SMARTS) is 2. The zero-order valence-electron chi connectivity index (χ0n) is 21.4. The Balaban J connectivity index is 1.99. The van der Waals surface area contributed by atoms with Crippen molar-refractivity contribution < 1.29 is 29.0 Å². The molecule has 1 saturated heterocycles. The molecule has 0 radical (unpaired) electrons. The number of hydrogen-bond acceptors (Lipinski definition) is 7. The number of nitrogens with zero attached hydrogens (tertiary/aromatic N) is 4. The van der Waals surface area contributed by atoms with Gasteiger partial charge < -0.3 is 29.7 Å². The van der Waals surface area contributed by atoms with E-state index in [9.17, 15) is 24.6 Å². The lowest BCUT2D eigenvalue weighted by molar-refractivity contribution is -0.144. The Labute approximate surface area is 210 Å². The Kier molecular flexibility index (Phi) is 8.21. The summed E-state index contributed by atoms with van der Waals surface area (Å²) < 4.78 is 5.40. The highest BCUT2D eigenvalue weighted by molar-refractivity contribution is 5.98. The summed E-state index contributed by atoms with van der Waals surface area (Å²) in [4.78, 5) is 49.2. The summed E-state index contributed by atoms with van der Waals surface area (Å²) in [5, 5.41) is 22.4. The van der Waals surface area contributed by atoms with E-state index in [4.69, 9.17) is 4.42 Å². The number of hydrogen-bond donors (Lipinski definition) is 3. The molecule has 0 aliphatic carbocycles. The molecule has 11 heteroatoms. The standard InChI is InChI=1S/C25H35N5O6/c1-15(2)12-30(17-9-16(22(32)33)13-29(14-17)24(34)35)21(31)19-11-27-23(25(3,4)5)28-20(19)26-10-18-7-6-8-36-18/h6-8,11,15-17H,9-10,12-14H2,1-5H3,(H,32,33)(H,34,35)(H,26,27,28)/t16-,17+/m0/s1. The Hall–Kier alpha value is -3.63. The van der Waals surface area contributed by atoms with Gasteiger partial charge in [-0.2, -0.15) is 0 Å². The van der Waals surface area contributed by atoms with Gasteiger partial charge in [-0.05, 0) is 24.5 Å². The van der Waals surface area contributed by atoms with E-state index in [0.717, 1.165) is 4.90 Å². The predicted octanol–water partition coefficient (Wildman–Crippen LogP) is 3.53. The van der Waals surface area contributed by atoms with Gasteiger partial charge in [0, 0.05) is 31.2 Å². The molecule has 0 bridgehead atoms. The first-order valence-electron chi connectivity index (χ1n) is 12.0. The zero-order chi connectivity index (χ0) is 26.6. The van der Waals surface area contributed by atoms with Gasteiger partial charge in [-0.15, -0.1) is 0 Å². The third kappa shape index (κ3) is 6.52. The molecular formula is C25H35N5O6. The van der Waals surface area contributed by atoms with Crippen molar-refractivity contribution in [3.63, 3.8) is 0 Å². The second kappa shape index (κ2) is 11.0. The van der Waals surface area contributed by atoms with E-state index in [0.29, 0.717) is 30.5 Å². The number of piperidine rings is 1. The number of nitrogens with one attached hydrogen (secondary N) is 1. The molecule has 0 saturated carbocycles. The van der Waals surface area contributed by atoms with Crippen LogP contribution >= 0.6 is 0 Å². The molecule has 3 rings (SSSR count). The van der Waals surface area contributed by atoms with E-state index < -0.39 is 24.0 Å². The summed E-state index contributed by atoms with van der Waals surface area (Å²) in [5.74, 6) is -0.751. The number of likely N-dealkylation sites (tertiary alicyclic amines) is 1. The number of carboxylic acids is 1. The first-order valence-corrected chi connectivity index (χ1v) is 12.0. The van der Waals surface area contributed by atoms with Crippen LogP contribution in [0.25, 0.3) is 0 Å². The molecule has 36 heavy (non-hydrogen) atoms. The molecule has 1 aliphatic rings. The van der Waals surface area contributed by atoms with Gasteiger partial charge in [0.1, 0.15) is 23.0 Å². The second-order valence-electron chi connectivity index (χ2n) is 10.6. The van der Waals surface area contributed by atoms with E-state index in [2.05, 4.69) is 15.3 Å². The van der Waals surface area contributed by atoms with Crippen LogP contribution in [-0.4, -0.2) is 73.6 Å². The van der Waals surface area contributed by atoms with Gasteiger partial charge >= 0.3 is 12.1 Å². The Morgan fingerprint density at radius 2 is 1.97 bits per heavy atom. The van der Waals surface area contributed by atoms with Gasteiger partial charge in [0.05, 0.1) is 24.8 Å². The second-order valence-corrected chi connectivity index (χ2v) is 10.6. The van der Waals surface area contributed by atoms with Gasteiger partial charge in [0.15, 0.2) is 0 Å². The lowest BCUT2D eigenvalue weighted by Gasteiger charge is -2.41. The van der Waals surface area contributed by atoms with Crippen molar-refractivity contribution >= 4 is 23.8 Å². The van der Waals surface area contributed by atoms with E-state index in [1.807, 2.05) is 34.6 Å². The molecule has 2 amide bonds. The SMILES string of the molecule is CC(C)CN(C(=O)c1cnc(C(C)(C)C)nc1NCc1ccco1)[C@@H]1C[C@H](C(=O)O)CN(C(=O)O)C1. The maximum Gasteiger partial charge on any atom is 0.407 e. The summed E-state index contributed by atoms with van der Waals surface area (Å²) >= 11 is 0. The number of amides is 2. The Morgan fingerprint density at radius 1 is 1.25 bits per heavy atom. The van der Waals surface area contributed by atoms with Gasteiger partial charge in [-0.25, -0.2) is 14.8 Å². The molecule has 0 aromatic carbocycles. The van der Waals surface area contributed by atoms with Crippen LogP contribution in [0.15, 0.2) is 29.0 Å². The molecule has 196 valence electrons. The molecule has 1 aliphatic heterocycles. The van der Waals surface area contributed by atoms with Gasteiger partial charge in [0.25, 0.3) is 5.91 Å². The first-order chi connectivity index (χ1) is 16.9. The summed E-state index contributed by atoms with van der Waals surface area (Å²) in [6.07, 6.45) is 2.00. The van der Waals surface area contributed by atoms with Crippen LogP contribution in [0.1, 0.15) is 63.0 Å². The van der Waals surface area contributed by atoms with E-state index in [-0.39, 0.29) is 42.3 Å². The van der Waals surface area contributed by atoms with Crippen LogP contribution in [0.2, 0.25) is 0 Å². The fourth-order valence-corrected chi connectivity index (χ4v) is 4.20. The lowest BCUT2D eigenvalue weighted by Crippen LogP contribution is -2.56. The molecule has 1 fully saturated rings. The predicted molar refractivity (Wildman–Crippen MR) is 132 cm³/mol. The molecule has 0 spiro atoms. The van der Waals surface area contributed by atoms with Crippen LogP contribution in [0.5, 0.6) is 0 Å². The van der Waals surface area contributed by atoms with Crippen LogP contribution in [0.3, 0.4) is 0 Å². The Bertz CT molecular complexity index is 1060. The molecule has 2 aromatic heterocycles. The summed E-state index contributed by atoms with van der Waals surface area (Å²) in [7, 11) is 0. The molecule has 11 nitrogen and oxygen atoms in total. The van der Waals surface area contributed by atoms with Gasteiger partial charge in [-0.1, -0.05) is 34.6 Å². The van der Waals surface area contributed by atoms with Crippen molar-refractivity contribution in [1.82, 2.24) is 19.8 Å². The number of aromatic nitrogens is 2. The summed E-state index contributed by atoms with van der Waals surface area (Å²) in [6.45, 7) is 10.4. The number of anilines is 1. The highest BCUT2D eigenvalue weighted by Crippen LogP contribution is 2.27. The third-order valence-corrected chi connectivity index (χ3v) is 6.01. The normalized spacial score (nSPS) is 18.2. The lowest BCUT2D eigenvalue weighted by atomic mass is 9.92. The molecular weight excluding hydrogens is 466 g/mol. The largest absolute Gasteiger partial charge is 0.481 e. The molecule has 3 heterocycles. The number of rotatable bonds is 8. The number of furan rings is 1.